The minimum absolute atomic E-state index is 0.0874. The van der Waals surface area contributed by atoms with Gasteiger partial charge >= 0.3 is 5.97 Å². The van der Waals surface area contributed by atoms with E-state index < -0.39 is 31.6 Å². The smallest absolute Gasteiger partial charge is 0.340 e. The van der Waals surface area contributed by atoms with Gasteiger partial charge in [0.05, 0.1) is 26.6 Å². The normalized spacial score (nSPS) is 16.1. The number of phenolic OH excluding ortho intramolecular Hbond substituents is 2. The van der Waals surface area contributed by atoms with E-state index >= 15 is 0 Å². The van der Waals surface area contributed by atoms with Crippen molar-refractivity contribution >= 4 is 54.7 Å². The fraction of sp³-hybridized carbons (Fsp3) is 0.0588. The standard InChI is InChI=1S/C34H26N4O9S3/c35-33(48)38(20-7-12-24(13-8-20)50(44,45)37-18-19-5-10-23(11-6-19)49(36,42)43)28-15-22(40)17-30-31(28)34(27-14-9-21(39)16-29(27)46-30)26-4-2-1-3-25(26)32(41)47-34/h1-17,37,39-40H,18H2,(H2,35,48)(H2,36,42,43). The third-order valence-corrected chi connectivity index (χ3v) is 10.9. The number of nitrogens with zero attached hydrogens (tertiary/aromatic N) is 1. The van der Waals surface area contributed by atoms with Crippen molar-refractivity contribution in [2.24, 2.45) is 10.9 Å². The number of aromatic hydroxyl groups is 2. The van der Waals surface area contributed by atoms with E-state index in [4.69, 9.17) is 32.6 Å². The number of carbonyl (C=O) groups excluding carboxylic acids is 1. The van der Waals surface area contributed by atoms with Crippen molar-refractivity contribution < 1.29 is 41.3 Å². The summed E-state index contributed by atoms with van der Waals surface area (Å²) in [6.45, 7) is -0.134. The zero-order valence-corrected chi connectivity index (χ0v) is 28.1. The van der Waals surface area contributed by atoms with Crippen LogP contribution in [0.1, 0.15) is 32.6 Å². The minimum atomic E-state index is -4.05. The number of ether oxygens (including phenoxy) is 2. The lowest BCUT2D eigenvalue weighted by atomic mass is 9.76. The number of rotatable bonds is 7. The van der Waals surface area contributed by atoms with Crippen LogP contribution in [-0.4, -0.2) is 38.1 Å². The van der Waals surface area contributed by atoms with E-state index in [1.807, 2.05) is 0 Å². The molecule has 1 unspecified atom stereocenters. The quantitative estimate of drug-likeness (QED) is 0.118. The molecule has 5 aromatic carbocycles. The highest BCUT2D eigenvalue weighted by atomic mass is 32.2. The third kappa shape index (κ3) is 5.48. The maximum atomic E-state index is 13.4. The molecule has 0 saturated heterocycles. The van der Waals surface area contributed by atoms with E-state index in [0.717, 1.165) is 0 Å². The highest BCUT2D eigenvalue weighted by Gasteiger charge is 2.55. The van der Waals surface area contributed by atoms with Gasteiger partial charge in [-0.3, -0.25) is 4.90 Å². The van der Waals surface area contributed by atoms with Crippen LogP contribution >= 0.6 is 12.2 Å². The highest BCUT2D eigenvalue weighted by molar-refractivity contribution is 7.89. The molecule has 5 aromatic rings. The van der Waals surface area contributed by atoms with Gasteiger partial charge in [0.2, 0.25) is 20.0 Å². The molecule has 2 aliphatic heterocycles. The first-order valence-electron chi connectivity index (χ1n) is 14.7. The molecule has 0 aromatic heterocycles. The first kappa shape index (κ1) is 33.0. The van der Waals surface area contributed by atoms with Crippen molar-refractivity contribution in [1.82, 2.24) is 4.72 Å². The second kappa shape index (κ2) is 11.8. The van der Waals surface area contributed by atoms with E-state index in [-0.39, 0.29) is 55.7 Å². The zero-order chi connectivity index (χ0) is 35.6. The number of fused-ring (bicyclic) bond motifs is 6. The fourth-order valence-corrected chi connectivity index (χ4v) is 7.89. The molecule has 0 amide bonds. The molecule has 0 radical (unpaired) electrons. The van der Waals surface area contributed by atoms with Crippen LogP contribution in [0.25, 0.3) is 0 Å². The molecule has 1 atom stereocenters. The second-order valence-electron chi connectivity index (χ2n) is 11.4. The van der Waals surface area contributed by atoms with Gasteiger partial charge in [-0.15, -0.1) is 0 Å². The lowest BCUT2D eigenvalue weighted by Gasteiger charge is -2.39. The number of hydrogen-bond donors (Lipinski definition) is 5. The van der Waals surface area contributed by atoms with Crippen molar-refractivity contribution in [2.45, 2.75) is 21.9 Å². The summed E-state index contributed by atoms with van der Waals surface area (Å²) < 4.78 is 64.4. The Morgan fingerprint density at radius 2 is 1.48 bits per heavy atom. The number of nitrogens with two attached hydrogens (primary N) is 2. The fourth-order valence-electron chi connectivity index (χ4n) is 6.16. The number of anilines is 2. The molecular weight excluding hydrogens is 705 g/mol. The molecule has 7 rings (SSSR count). The van der Waals surface area contributed by atoms with Gasteiger partial charge in [0, 0.05) is 41.6 Å². The lowest BCUT2D eigenvalue weighted by Crippen LogP contribution is -2.38. The molecule has 2 aliphatic rings. The maximum absolute atomic E-state index is 13.4. The number of sulfonamides is 2. The van der Waals surface area contributed by atoms with E-state index in [2.05, 4.69) is 4.72 Å². The van der Waals surface area contributed by atoms with Crippen molar-refractivity contribution in [2.75, 3.05) is 4.90 Å². The van der Waals surface area contributed by atoms with E-state index in [9.17, 15) is 31.8 Å². The van der Waals surface area contributed by atoms with Crippen LogP contribution in [0.4, 0.5) is 11.4 Å². The summed E-state index contributed by atoms with van der Waals surface area (Å²) in [6, 6.07) is 24.9. The summed E-state index contributed by atoms with van der Waals surface area (Å²) in [7, 11) is -7.95. The molecule has 0 aliphatic carbocycles. The van der Waals surface area contributed by atoms with Crippen LogP contribution in [0.3, 0.4) is 0 Å². The molecule has 16 heteroatoms. The molecule has 0 saturated carbocycles. The van der Waals surface area contributed by atoms with Crippen molar-refractivity contribution in [3.8, 4) is 23.0 Å². The number of hydrogen-bond acceptors (Lipinski definition) is 10. The Kier molecular flexibility index (Phi) is 7.80. The zero-order valence-electron chi connectivity index (χ0n) is 25.6. The number of benzene rings is 5. The van der Waals surface area contributed by atoms with E-state index in [1.165, 1.54) is 77.7 Å². The Morgan fingerprint density at radius 3 is 2.16 bits per heavy atom. The highest BCUT2D eigenvalue weighted by Crippen LogP contribution is 2.60. The van der Waals surface area contributed by atoms with Crippen LogP contribution in [0.5, 0.6) is 23.0 Å². The Balaban J connectivity index is 1.29. The van der Waals surface area contributed by atoms with Gasteiger partial charge in [-0.1, -0.05) is 30.3 Å². The molecule has 0 fully saturated rings. The number of esters is 1. The number of primary sulfonamides is 1. The molecule has 50 heavy (non-hydrogen) atoms. The number of phenols is 2. The number of carbonyl (C=O) groups is 1. The van der Waals surface area contributed by atoms with Crippen LogP contribution in [0.15, 0.2) is 113 Å². The summed E-state index contributed by atoms with van der Waals surface area (Å²) in [5.74, 6) is -0.700. The largest absolute Gasteiger partial charge is 0.508 e. The van der Waals surface area contributed by atoms with Gasteiger partial charge in [-0.2, -0.15) is 0 Å². The summed E-state index contributed by atoms with van der Waals surface area (Å²) in [6.07, 6.45) is 0. The summed E-state index contributed by atoms with van der Waals surface area (Å²) in [5, 5.41) is 26.1. The SMILES string of the molecule is NC(=S)N(c1ccc(S(=O)(=O)NCc2ccc(S(N)(=O)=O)cc2)cc1)c1cc(O)cc2c1C1(OC(=O)c3ccccc31)c1ccc(O)cc1O2. The molecule has 254 valence electrons. The van der Waals surface area contributed by atoms with Crippen LogP contribution in [-0.2, 0) is 36.9 Å². The topological polar surface area (TPSA) is 212 Å². The van der Waals surface area contributed by atoms with Gasteiger partial charge < -0.3 is 25.4 Å². The first-order chi connectivity index (χ1) is 23.7. The van der Waals surface area contributed by atoms with Crippen molar-refractivity contribution in [1.29, 1.82) is 0 Å². The Bertz CT molecular complexity index is 2460. The van der Waals surface area contributed by atoms with E-state index in [0.29, 0.717) is 27.9 Å². The van der Waals surface area contributed by atoms with Crippen molar-refractivity contribution in [3.63, 3.8) is 0 Å². The molecule has 13 nitrogen and oxygen atoms in total. The van der Waals surface area contributed by atoms with Crippen LogP contribution < -0.4 is 25.2 Å². The lowest BCUT2D eigenvalue weighted by molar-refractivity contribution is 0.0226. The van der Waals surface area contributed by atoms with Crippen LogP contribution in [0, 0.1) is 0 Å². The molecular formula is C34H26N4O9S3. The molecule has 2 heterocycles. The first-order valence-corrected chi connectivity index (χ1v) is 18.2. The Hall–Kier alpha value is -5.52. The summed E-state index contributed by atoms with van der Waals surface area (Å²) >= 11 is 5.49. The van der Waals surface area contributed by atoms with Gasteiger partial charge in [-0.05, 0) is 72.4 Å². The number of nitrogens with one attached hydrogen (secondary N) is 1. The third-order valence-electron chi connectivity index (χ3n) is 8.34. The van der Waals surface area contributed by atoms with Gasteiger partial charge in [0.25, 0.3) is 0 Å². The van der Waals surface area contributed by atoms with Gasteiger partial charge in [0.15, 0.2) is 10.7 Å². The summed E-state index contributed by atoms with van der Waals surface area (Å²) in [4.78, 5) is 14.6. The van der Waals surface area contributed by atoms with E-state index in [1.54, 1.807) is 30.3 Å². The molecule has 0 bridgehead atoms. The monoisotopic (exact) mass is 730 g/mol. The summed E-state index contributed by atoms with van der Waals surface area (Å²) in [5.41, 5.74) is 7.07. The average molecular weight is 731 g/mol. The second-order valence-corrected chi connectivity index (χ2v) is 15.2. The predicted molar refractivity (Wildman–Crippen MR) is 185 cm³/mol. The van der Waals surface area contributed by atoms with Crippen LogP contribution in [0.2, 0.25) is 0 Å². The maximum Gasteiger partial charge on any atom is 0.340 e. The molecule has 7 N–H and O–H groups in total. The minimum Gasteiger partial charge on any atom is -0.508 e. The Labute approximate surface area is 291 Å². The van der Waals surface area contributed by atoms with Gasteiger partial charge in [-0.25, -0.2) is 31.5 Å². The van der Waals surface area contributed by atoms with Gasteiger partial charge in [0.1, 0.15) is 23.0 Å². The predicted octanol–water partition coefficient (Wildman–Crippen LogP) is 4.17. The Morgan fingerprint density at radius 1 is 0.820 bits per heavy atom. The average Bonchev–Trinajstić information content (AvgIpc) is 3.35. The van der Waals surface area contributed by atoms with Crippen molar-refractivity contribution in [3.05, 3.63) is 131 Å². The molecule has 1 spiro atoms. The number of thiocarbonyl (C=S) groups is 1.